The van der Waals surface area contributed by atoms with Crippen molar-refractivity contribution < 1.29 is 28.9 Å². The molecule has 0 aliphatic carbocycles. The zero-order chi connectivity index (χ0) is 10.3. The quantitative estimate of drug-likeness (QED) is 0.593. The molecule has 0 aliphatic heterocycles. The van der Waals surface area contributed by atoms with Crippen LogP contribution in [0, 0.1) is 13.0 Å². The standard InChI is InChI=1S/C10H6N3O2.Ir/c1-6-12-8-4-7(2-3-9(8)15-6)10-13-11-5-14-10;/h3-5H,1H3;/q-1;. The zero-order valence-corrected chi connectivity index (χ0v) is 10.6. The molecule has 0 spiro atoms. The van der Waals surface area contributed by atoms with E-state index >= 15 is 0 Å². The molecule has 0 saturated heterocycles. The molecule has 83 valence electrons. The summed E-state index contributed by atoms with van der Waals surface area (Å²) in [4.78, 5) is 4.21. The van der Waals surface area contributed by atoms with Crippen LogP contribution in [0.3, 0.4) is 0 Å². The van der Waals surface area contributed by atoms with E-state index in [2.05, 4.69) is 21.2 Å². The number of nitrogens with zero attached hydrogens (tertiary/aromatic N) is 3. The van der Waals surface area contributed by atoms with Crippen LogP contribution >= 0.6 is 0 Å². The second-order valence-corrected chi connectivity index (χ2v) is 3.07. The van der Waals surface area contributed by atoms with E-state index < -0.39 is 0 Å². The third kappa shape index (κ3) is 1.77. The van der Waals surface area contributed by atoms with E-state index in [9.17, 15) is 0 Å². The van der Waals surface area contributed by atoms with Crippen molar-refractivity contribution in [2.75, 3.05) is 0 Å². The van der Waals surface area contributed by atoms with Crippen LogP contribution in [0.5, 0.6) is 0 Å². The Morgan fingerprint density at radius 3 is 3.00 bits per heavy atom. The Morgan fingerprint density at radius 2 is 2.25 bits per heavy atom. The van der Waals surface area contributed by atoms with Crippen LogP contribution in [0.2, 0.25) is 0 Å². The first-order valence-electron chi connectivity index (χ1n) is 4.38. The van der Waals surface area contributed by atoms with E-state index in [1.165, 1.54) is 6.39 Å². The van der Waals surface area contributed by atoms with Crippen molar-refractivity contribution in [2.45, 2.75) is 6.92 Å². The van der Waals surface area contributed by atoms with Crippen molar-refractivity contribution in [3.8, 4) is 11.5 Å². The molecule has 0 unspecified atom stereocenters. The summed E-state index contributed by atoms with van der Waals surface area (Å²) in [7, 11) is 0. The van der Waals surface area contributed by atoms with Crippen LogP contribution in [0.1, 0.15) is 5.89 Å². The molecular weight excluding hydrogens is 386 g/mol. The Balaban J connectivity index is 0.000000963. The second kappa shape index (κ2) is 4.15. The molecule has 0 fully saturated rings. The first-order valence-corrected chi connectivity index (χ1v) is 4.38. The van der Waals surface area contributed by atoms with Crippen LogP contribution < -0.4 is 0 Å². The Labute approximate surface area is 104 Å². The van der Waals surface area contributed by atoms with Crippen molar-refractivity contribution in [2.24, 2.45) is 0 Å². The summed E-state index contributed by atoms with van der Waals surface area (Å²) in [5.41, 5.74) is 2.18. The van der Waals surface area contributed by atoms with Gasteiger partial charge in [-0.1, -0.05) is 5.56 Å². The zero-order valence-electron chi connectivity index (χ0n) is 8.22. The fourth-order valence-electron chi connectivity index (χ4n) is 1.40. The third-order valence-corrected chi connectivity index (χ3v) is 2.02. The number of aromatic nitrogens is 3. The van der Waals surface area contributed by atoms with Gasteiger partial charge in [0.05, 0.1) is 5.58 Å². The van der Waals surface area contributed by atoms with Gasteiger partial charge >= 0.3 is 0 Å². The van der Waals surface area contributed by atoms with Crippen LogP contribution in [0.15, 0.2) is 27.4 Å². The van der Waals surface area contributed by atoms with Gasteiger partial charge in [0.15, 0.2) is 18.2 Å². The molecule has 6 heteroatoms. The van der Waals surface area contributed by atoms with Gasteiger partial charge in [0.25, 0.3) is 0 Å². The average molecular weight is 392 g/mol. The average Bonchev–Trinajstić information content (AvgIpc) is 2.82. The fraction of sp³-hybridized carbons (Fsp3) is 0.100. The van der Waals surface area contributed by atoms with Gasteiger partial charge < -0.3 is 8.83 Å². The number of hydrogen-bond acceptors (Lipinski definition) is 5. The third-order valence-electron chi connectivity index (χ3n) is 2.02. The van der Waals surface area contributed by atoms with E-state index in [0.717, 1.165) is 5.52 Å². The number of hydrogen-bond donors (Lipinski definition) is 0. The van der Waals surface area contributed by atoms with Gasteiger partial charge in [0.2, 0.25) is 0 Å². The molecule has 0 amide bonds. The maximum atomic E-state index is 5.33. The Morgan fingerprint density at radius 1 is 1.38 bits per heavy atom. The molecular formula is C10H6IrN3O2-. The van der Waals surface area contributed by atoms with E-state index in [4.69, 9.17) is 8.83 Å². The van der Waals surface area contributed by atoms with Gasteiger partial charge in [0, 0.05) is 32.5 Å². The summed E-state index contributed by atoms with van der Waals surface area (Å²) in [6.07, 6.45) is 1.28. The number of oxazole rings is 1. The van der Waals surface area contributed by atoms with Crippen molar-refractivity contribution in [3.63, 3.8) is 0 Å². The Kier molecular flexibility index (Phi) is 2.85. The number of rotatable bonds is 1. The molecule has 0 atom stereocenters. The molecule has 2 aromatic heterocycles. The summed E-state index contributed by atoms with van der Waals surface area (Å²) >= 11 is 0. The van der Waals surface area contributed by atoms with Crippen molar-refractivity contribution in [1.82, 2.24) is 15.2 Å². The molecule has 3 rings (SSSR count). The molecule has 1 aromatic carbocycles. The van der Waals surface area contributed by atoms with Crippen LogP contribution in [-0.2, 0) is 20.1 Å². The molecule has 0 N–H and O–H groups in total. The van der Waals surface area contributed by atoms with E-state index in [-0.39, 0.29) is 20.1 Å². The van der Waals surface area contributed by atoms with Crippen molar-refractivity contribution in [3.05, 3.63) is 30.5 Å². The minimum absolute atomic E-state index is 0. The number of benzene rings is 1. The summed E-state index contributed by atoms with van der Waals surface area (Å²) in [5.74, 6) is 1.05. The van der Waals surface area contributed by atoms with Crippen molar-refractivity contribution in [1.29, 1.82) is 0 Å². The minimum atomic E-state index is 0. The summed E-state index contributed by atoms with van der Waals surface area (Å²) in [6.45, 7) is 1.80. The van der Waals surface area contributed by atoms with Gasteiger partial charge in [-0.25, -0.2) is 4.98 Å². The summed E-state index contributed by atoms with van der Waals surface area (Å²) in [6, 6.07) is 6.52. The van der Waals surface area contributed by atoms with E-state index in [1.54, 1.807) is 19.1 Å². The molecule has 1 radical (unpaired) electrons. The first kappa shape index (κ1) is 11.0. The minimum Gasteiger partial charge on any atom is -0.488 e. The van der Waals surface area contributed by atoms with E-state index in [0.29, 0.717) is 22.9 Å². The molecule has 0 bridgehead atoms. The van der Waals surface area contributed by atoms with Crippen LogP contribution in [0.4, 0.5) is 0 Å². The number of fused-ring (bicyclic) bond motifs is 1. The predicted molar refractivity (Wildman–Crippen MR) is 50.9 cm³/mol. The second-order valence-electron chi connectivity index (χ2n) is 3.07. The Hall–Kier alpha value is -1.52. The monoisotopic (exact) mass is 393 g/mol. The largest absolute Gasteiger partial charge is 0.488 e. The smallest absolute Gasteiger partial charge is 0.192 e. The molecule has 3 aromatic rings. The SMILES string of the molecule is Cc1nc2cc(-c3nnco3)[c-]cc2o1.[Ir]. The van der Waals surface area contributed by atoms with Crippen LogP contribution in [-0.4, -0.2) is 15.2 Å². The molecule has 0 saturated carbocycles. The molecule has 2 heterocycles. The van der Waals surface area contributed by atoms with E-state index in [1.807, 2.05) is 0 Å². The Bertz CT molecular complexity index is 604. The molecule has 0 aliphatic rings. The molecule has 5 nitrogen and oxygen atoms in total. The topological polar surface area (TPSA) is 65.0 Å². The maximum absolute atomic E-state index is 5.33. The summed E-state index contributed by atoms with van der Waals surface area (Å²) < 4.78 is 10.4. The van der Waals surface area contributed by atoms with Gasteiger partial charge in [-0.15, -0.1) is 23.3 Å². The normalized spacial score (nSPS) is 10.3. The summed E-state index contributed by atoms with van der Waals surface area (Å²) in [5, 5.41) is 7.40. The van der Waals surface area contributed by atoms with Crippen molar-refractivity contribution >= 4 is 11.1 Å². The van der Waals surface area contributed by atoms with Crippen LogP contribution in [0.25, 0.3) is 22.6 Å². The predicted octanol–water partition coefficient (Wildman–Crippen LogP) is 1.98. The maximum Gasteiger partial charge on any atom is 0.192 e. The van der Waals surface area contributed by atoms with Gasteiger partial charge in [0.1, 0.15) is 0 Å². The van der Waals surface area contributed by atoms with Gasteiger partial charge in [-0.2, -0.15) is 5.10 Å². The molecule has 16 heavy (non-hydrogen) atoms. The fourth-order valence-corrected chi connectivity index (χ4v) is 1.40. The van der Waals surface area contributed by atoms with Gasteiger partial charge in [-0.3, -0.25) is 0 Å². The number of aryl methyl sites for hydroxylation is 1. The first-order chi connectivity index (χ1) is 7.33. The van der Waals surface area contributed by atoms with Gasteiger partial charge in [-0.05, 0) is 0 Å².